The number of pyridine rings is 1. The van der Waals surface area contributed by atoms with Gasteiger partial charge in [-0.2, -0.15) is 10.3 Å². The molecule has 0 aromatic carbocycles. The first-order chi connectivity index (χ1) is 9.65. The van der Waals surface area contributed by atoms with Crippen LogP contribution in [0.4, 0.5) is 10.5 Å². The van der Waals surface area contributed by atoms with Crippen LogP contribution < -0.4 is 10.6 Å². The number of H-pyrrole nitrogens is 1. The molecule has 2 rings (SSSR count). The molecule has 0 fully saturated rings. The standard InChI is InChI=1S/C12H16N6OS/c1-8-3-4-10(9(2)15-8)16-12(19)13-5-6-20-11-7-14-18-17-11/h3-4,7H,5-6H2,1-2H3,(H2,13,16,19)(H,14,17,18). The molecule has 0 aliphatic carbocycles. The third-order valence-corrected chi connectivity index (χ3v) is 3.40. The molecule has 2 amide bonds. The van der Waals surface area contributed by atoms with Crippen LogP contribution in [0.2, 0.25) is 0 Å². The Hall–Kier alpha value is -2.09. The van der Waals surface area contributed by atoms with Crippen LogP contribution in [0.1, 0.15) is 11.4 Å². The quantitative estimate of drug-likeness (QED) is 0.576. The number of aromatic amines is 1. The Morgan fingerprint density at radius 1 is 1.40 bits per heavy atom. The summed E-state index contributed by atoms with van der Waals surface area (Å²) in [5.74, 6) is 0.727. The fourth-order valence-corrected chi connectivity index (χ4v) is 2.21. The van der Waals surface area contributed by atoms with E-state index in [-0.39, 0.29) is 6.03 Å². The van der Waals surface area contributed by atoms with Gasteiger partial charge in [0.2, 0.25) is 0 Å². The molecule has 106 valence electrons. The maximum atomic E-state index is 11.7. The molecule has 7 nitrogen and oxygen atoms in total. The van der Waals surface area contributed by atoms with Gasteiger partial charge in [0, 0.05) is 18.0 Å². The van der Waals surface area contributed by atoms with Crippen molar-refractivity contribution in [3.63, 3.8) is 0 Å². The molecule has 8 heteroatoms. The van der Waals surface area contributed by atoms with Crippen molar-refractivity contribution in [3.8, 4) is 0 Å². The number of amides is 2. The van der Waals surface area contributed by atoms with Gasteiger partial charge in [-0.15, -0.1) is 16.9 Å². The van der Waals surface area contributed by atoms with E-state index in [9.17, 15) is 4.79 Å². The van der Waals surface area contributed by atoms with Gasteiger partial charge in [0.15, 0.2) is 0 Å². The molecule has 0 saturated heterocycles. The lowest BCUT2D eigenvalue weighted by Crippen LogP contribution is -2.30. The van der Waals surface area contributed by atoms with Gasteiger partial charge in [0.05, 0.1) is 17.6 Å². The summed E-state index contributed by atoms with van der Waals surface area (Å²) in [5, 5.41) is 16.5. The zero-order chi connectivity index (χ0) is 14.4. The lowest BCUT2D eigenvalue weighted by molar-refractivity contribution is 0.252. The highest BCUT2D eigenvalue weighted by Crippen LogP contribution is 2.13. The van der Waals surface area contributed by atoms with Crippen LogP contribution in [-0.4, -0.2) is 38.7 Å². The molecule has 0 bridgehead atoms. The number of nitrogens with zero attached hydrogens (tertiary/aromatic N) is 3. The van der Waals surface area contributed by atoms with Crippen molar-refractivity contribution in [2.24, 2.45) is 0 Å². The van der Waals surface area contributed by atoms with E-state index in [1.54, 1.807) is 6.20 Å². The van der Waals surface area contributed by atoms with E-state index in [4.69, 9.17) is 0 Å². The van der Waals surface area contributed by atoms with Crippen molar-refractivity contribution >= 4 is 23.5 Å². The van der Waals surface area contributed by atoms with Crippen LogP contribution in [0.25, 0.3) is 0 Å². The first-order valence-corrected chi connectivity index (χ1v) is 7.11. The molecule has 0 radical (unpaired) electrons. The summed E-state index contributed by atoms with van der Waals surface area (Å²) in [6, 6.07) is 3.48. The van der Waals surface area contributed by atoms with Crippen LogP contribution in [-0.2, 0) is 0 Å². The van der Waals surface area contributed by atoms with Crippen molar-refractivity contribution < 1.29 is 4.79 Å². The Labute approximate surface area is 121 Å². The molecular weight excluding hydrogens is 276 g/mol. The summed E-state index contributed by atoms with van der Waals surface area (Å²) in [5.41, 5.74) is 2.45. The van der Waals surface area contributed by atoms with Crippen LogP contribution >= 0.6 is 11.8 Å². The van der Waals surface area contributed by atoms with Crippen molar-refractivity contribution in [2.45, 2.75) is 18.9 Å². The number of thioether (sulfide) groups is 1. The van der Waals surface area contributed by atoms with E-state index in [1.165, 1.54) is 11.8 Å². The molecule has 0 spiro atoms. The topological polar surface area (TPSA) is 95.6 Å². The molecule has 0 unspecified atom stereocenters. The van der Waals surface area contributed by atoms with Crippen LogP contribution in [0.15, 0.2) is 23.4 Å². The van der Waals surface area contributed by atoms with Gasteiger partial charge in [0.1, 0.15) is 5.03 Å². The van der Waals surface area contributed by atoms with E-state index < -0.39 is 0 Å². The van der Waals surface area contributed by atoms with E-state index in [0.717, 1.165) is 27.9 Å². The smallest absolute Gasteiger partial charge is 0.319 e. The SMILES string of the molecule is Cc1ccc(NC(=O)NCCSc2cn[nH]n2)c(C)n1. The molecule has 2 aromatic heterocycles. The molecule has 20 heavy (non-hydrogen) atoms. The number of carbonyl (C=O) groups is 1. The van der Waals surface area contributed by atoms with Gasteiger partial charge < -0.3 is 10.6 Å². The number of aromatic nitrogens is 4. The average Bonchev–Trinajstić information content (AvgIpc) is 2.91. The highest BCUT2D eigenvalue weighted by molar-refractivity contribution is 7.99. The van der Waals surface area contributed by atoms with E-state index in [2.05, 4.69) is 31.0 Å². The number of nitrogens with one attached hydrogen (secondary N) is 3. The fourth-order valence-electron chi connectivity index (χ4n) is 1.57. The van der Waals surface area contributed by atoms with E-state index >= 15 is 0 Å². The second kappa shape index (κ2) is 6.90. The van der Waals surface area contributed by atoms with Gasteiger partial charge in [-0.25, -0.2) is 4.79 Å². The summed E-state index contributed by atoms with van der Waals surface area (Å²) in [6.45, 7) is 4.32. The number of rotatable bonds is 5. The number of hydrogen-bond acceptors (Lipinski definition) is 5. The minimum atomic E-state index is -0.237. The third kappa shape index (κ3) is 4.23. The molecular formula is C12H16N6OS. The Balaban J connectivity index is 1.72. The molecule has 0 aliphatic rings. The fraction of sp³-hybridized carbons (Fsp3) is 0.333. The average molecular weight is 292 g/mol. The second-order valence-electron chi connectivity index (χ2n) is 4.12. The molecule has 0 aliphatic heterocycles. The van der Waals surface area contributed by atoms with Crippen molar-refractivity contribution in [1.82, 2.24) is 25.7 Å². The monoisotopic (exact) mass is 292 g/mol. The maximum Gasteiger partial charge on any atom is 0.319 e. The van der Waals surface area contributed by atoms with Gasteiger partial charge >= 0.3 is 6.03 Å². The molecule has 2 heterocycles. The van der Waals surface area contributed by atoms with Crippen LogP contribution in [0.5, 0.6) is 0 Å². The van der Waals surface area contributed by atoms with Crippen LogP contribution in [0, 0.1) is 13.8 Å². The largest absolute Gasteiger partial charge is 0.337 e. The summed E-state index contributed by atoms with van der Waals surface area (Å²) in [7, 11) is 0. The van der Waals surface area contributed by atoms with E-state index in [1.807, 2.05) is 26.0 Å². The maximum absolute atomic E-state index is 11.7. The Bertz CT molecular complexity index is 571. The Morgan fingerprint density at radius 3 is 2.95 bits per heavy atom. The number of carbonyl (C=O) groups excluding carboxylic acids is 1. The van der Waals surface area contributed by atoms with Gasteiger partial charge in [0.25, 0.3) is 0 Å². The van der Waals surface area contributed by atoms with Gasteiger partial charge in [-0.3, -0.25) is 4.98 Å². The number of anilines is 1. The first-order valence-electron chi connectivity index (χ1n) is 6.13. The predicted molar refractivity (Wildman–Crippen MR) is 77.8 cm³/mol. The van der Waals surface area contributed by atoms with Gasteiger partial charge in [-0.05, 0) is 26.0 Å². The summed E-state index contributed by atoms with van der Waals surface area (Å²) in [6.07, 6.45) is 1.64. The Morgan fingerprint density at radius 2 is 2.25 bits per heavy atom. The normalized spacial score (nSPS) is 10.3. The second-order valence-corrected chi connectivity index (χ2v) is 5.24. The van der Waals surface area contributed by atoms with Gasteiger partial charge in [-0.1, -0.05) is 0 Å². The zero-order valence-electron chi connectivity index (χ0n) is 11.3. The lowest BCUT2D eigenvalue weighted by Gasteiger charge is -2.09. The lowest BCUT2D eigenvalue weighted by atomic mass is 10.3. The minimum Gasteiger partial charge on any atom is -0.337 e. The predicted octanol–water partition coefficient (Wildman–Crippen LogP) is 1.73. The van der Waals surface area contributed by atoms with Crippen LogP contribution in [0.3, 0.4) is 0 Å². The number of aryl methyl sites for hydroxylation is 2. The van der Waals surface area contributed by atoms with Crippen molar-refractivity contribution in [1.29, 1.82) is 0 Å². The van der Waals surface area contributed by atoms with E-state index in [0.29, 0.717) is 6.54 Å². The summed E-state index contributed by atoms with van der Waals surface area (Å²) in [4.78, 5) is 16.0. The summed E-state index contributed by atoms with van der Waals surface area (Å²) < 4.78 is 0. The Kier molecular flexibility index (Phi) is 4.94. The highest BCUT2D eigenvalue weighted by Gasteiger charge is 2.05. The van der Waals surface area contributed by atoms with Crippen molar-refractivity contribution in [2.75, 3.05) is 17.6 Å². The first kappa shape index (κ1) is 14.3. The molecule has 0 atom stereocenters. The summed E-state index contributed by atoms with van der Waals surface area (Å²) >= 11 is 1.52. The molecule has 3 N–H and O–H groups in total. The third-order valence-electron chi connectivity index (χ3n) is 2.50. The molecule has 2 aromatic rings. The highest BCUT2D eigenvalue weighted by atomic mass is 32.2. The molecule has 0 saturated carbocycles. The zero-order valence-corrected chi connectivity index (χ0v) is 12.1. The number of hydrogen-bond donors (Lipinski definition) is 3. The minimum absolute atomic E-state index is 0.237. The van der Waals surface area contributed by atoms with Crippen molar-refractivity contribution in [3.05, 3.63) is 29.7 Å². The number of urea groups is 1.